The highest BCUT2D eigenvalue weighted by Crippen LogP contribution is 2.28. The monoisotopic (exact) mass is 448 g/mol. The van der Waals surface area contributed by atoms with Gasteiger partial charge in [0.15, 0.2) is 0 Å². The van der Waals surface area contributed by atoms with Crippen LogP contribution in [0.3, 0.4) is 0 Å². The van der Waals surface area contributed by atoms with Crippen LogP contribution in [0.15, 0.2) is 29.2 Å². The van der Waals surface area contributed by atoms with E-state index in [2.05, 4.69) is 10.4 Å². The Bertz CT molecular complexity index is 1050. The van der Waals surface area contributed by atoms with Gasteiger partial charge in [0.05, 0.1) is 28.8 Å². The Morgan fingerprint density at radius 1 is 1.10 bits per heavy atom. The van der Waals surface area contributed by atoms with Crippen LogP contribution >= 0.6 is 0 Å². The highest BCUT2D eigenvalue weighted by molar-refractivity contribution is 7.89. The summed E-state index contributed by atoms with van der Waals surface area (Å²) in [4.78, 5) is 13.3. The summed E-state index contributed by atoms with van der Waals surface area (Å²) in [6, 6.07) is 6.22. The van der Waals surface area contributed by atoms with E-state index < -0.39 is 15.9 Å². The molecule has 1 N–H and O–H groups in total. The first-order valence-electron chi connectivity index (χ1n) is 10.6. The van der Waals surface area contributed by atoms with Crippen molar-refractivity contribution in [3.63, 3.8) is 0 Å². The maximum absolute atomic E-state index is 13.2. The second-order valence-electron chi connectivity index (χ2n) is 8.89. The van der Waals surface area contributed by atoms with Gasteiger partial charge in [-0.25, -0.2) is 13.1 Å². The minimum Gasteiger partial charge on any atom is -0.496 e. The molecular formula is C22H32N4O4S. The van der Waals surface area contributed by atoms with E-state index in [1.165, 1.54) is 29.6 Å². The van der Waals surface area contributed by atoms with Gasteiger partial charge in [0.1, 0.15) is 11.6 Å². The standard InChI is InChI=1S/C22H32N4O4S/c1-16-14-20(26(24-16)22(2,3)4)23-21(27)18-15-17(10-11-19(18)30-5)31(28,29)25-12-8-6-7-9-13-25/h10-11,14-15H,6-9,12-13H2,1-5H3,(H,23,27). The number of rotatable bonds is 5. The summed E-state index contributed by atoms with van der Waals surface area (Å²) in [6.07, 6.45) is 3.75. The number of anilines is 1. The van der Waals surface area contributed by atoms with E-state index in [1.807, 2.05) is 27.7 Å². The van der Waals surface area contributed by atoms with Crippen LogP contribution in [0.2, 0.25) is 0 Å². The van der Waals surface area contributed by atoms with Gasteiger partial charge < -0.3 is 10.1 Å². The first-order valence-corrected chi connectivity index (χ1v) is 12.0. The molecule has 0 radical (unpaired) electrons. The Morgan fingerprint density at radius 3 is 2.32 bits per heavy atom. The predicted molar refractivity (Wildman–Crippen MR) is 120 cm³/mol. The number of amides is 1. The average Bonchev–Trinajstić information content (AvgIpc) is 2.91. The van der Waals surface area contributed by atoms with E-state index in [9.17, 15) is 13.2 Å². The molecule has 0 spiro atoms. The number of nitrogens with zero attached hydrogens (tertiary/aromatic N) is 3. The Labute approximate surface area is 184 Å². The van der Waals surface area contributed by atoms with Crippen molar-refractivity contribution in [2.45, 2.75) is 63.8 Å². The number of hydrogen-bond donors (Lipinski definition) is 1. The number of benzene rings is 1. The van der Waals surface area contributed by atoms with Crippen molar-refractivity contribution in [3.8, 4) is 5.75 Å². The zero-order valence-electron chi connectivity index (χ0n) is 18.9. The van der Waals surface area contributed by atoms with Gasteiger partial charge >= 0.3 is 0 Å². The molecule has 1 amide bonds. The van der Waals surface area contributed by atoms with Crippen molar-refractivity contribution < 1.29 is 17.9 Å². The molecule has 2 aromatic rings. The number of carbonyl (C=O) groups excluding carboxylic acids is 1. The molecule has 2 heterocycles. The molecule has 1 aromatic heterocycles. The Hall–Kier alpha value is -2.39. The summed E-state index contributed by atoms with van der Waals surface area (Å²) in [5.74, 6) is 0.402. The number of hydrogen-bond acceptors (Lipinski definition) is 5. The van der Waals surface area contributed by atoms with Gasteiger partial charge in [-0.1, -0.05) is 12.8 Å². The van der Waals surface area contributed by atoms with E-state index in [4.69, 9.17) is 4.74 Å². The number of sulfonamides is 1. The largest absolute Gasteiger partial charge is 0.496 e. The third-order valence-corrected chi connectivity index (χ3v) is 7.22. The average molecular weight is 449 g/mol. The lowest BCUT2D eigenvalue weighted by molar-refractivity contribution is 0.102. The van der Waals surface area contributed by atoms with Crippen molar-refractivity contribution in [2.75, 3.05) is 25.5 Å². The summed E-state index contributed by atoms with van der Waals surface area (Å²) < 4.78 is 35.0. The summed E-state index contributed by atoms with van der Waals surface area (Å²) >= 11 is 0. The summed E-state index contributed by atoms with van der Waals surface area (Å²) in [6.45, 7) is 8.82. The van der Waals surface area contributed by atoms with E-state index in [0.29, 0.717) is 24.7 Å². The van der Waals surface area contributed by atoms with Gasteiger partial charge in [-0.2, -0.15) is 9.40 Å². The number of ether oxygens (including phenoxy) is 1. The third-order valence-electron chi connectivity index (χ3n) is 5.33. The molecule has 1 fully saturated rings. The lowest BCUT2D eigenvalue weighted by Gasteiger charge is -2.23. The van der Waals surface area contributed by atoms with Gasteiger partial charge in [0, 0.05) is 19.2 Å². The minimum atomic E-state index is -3.69. The van der Waals surface area contributed by atoms with Gasteiger partial charge in [0.25, 0.3) is 5.91 Å². The molecule has 9 heteroatoms. The van der Waals surface area contributed by atoms with E-state index in [0.717, 1.165) is 31.4 Å². The Morgan fingerprint density at radius 2 is 1.74 bits per heavy atom. The minimum absolute atomic E-state index is 0.0980. The molecule has 0 bridgehead atoms. The summed E-state index contributed by atoms with van der Waals surface area (Å²) in [5.41, 5.74) is 0.603. The van der Waals surface area contributed by atoms with Gasteiger partial charge in [-0.15, -0.1) is 0 Å². The summed E-state index contributed by atoms with van der Waals surface area (Å²) in [7, 11) is -2.23. The molecule has 8 nitrogen and oxygen atoms in total. The quantitative estimate of drug-likeness (QED) is 0.751. The highest BCUT2D eigenvalue weighted by atomic mass is 32.2. The molecule has 0 atom stereocenters. The number of aromatic nitrogens is 2. The zero-order chi connectivity index (χ0) is 22.8. The lowest BCUT2D eigenvalue weighted by Crippen LogP contribution is -2.32. The van der Waals surface area contributed by atoms with Crippen LogP contribution in [0.5, 0.6) is 5.75 Å². The van der Waals surface area contributed by atoms with Crippen LogP contribution in [0.25, 0.3) is 0 Å². The second-order valence-corrected chi connectivity index (χ2v) is 10.8. The summed E-state index contributed by atoms with van der Waals surface area (Å²) in [5, 5.41) is 7.34. The lowest BCUT2D eigenvalue weighted by atomic mass is 10.1. The smallest absolute Gasteiger partial charge is 0.260 e. The number of nitrogens with one attached hydrogen (secondary N) is 1. The Kier molecular flexibility index (Phi) is 6.76. The van der Waals surface area contributed by atoms with Crippen molar-refractivity contribution >= 4 is 21.7 Å². The fourth-order valence-corrected chi connectivity index (χ4v) is 5.28. The van der Waals surface area contributed by atoms with Crippen LogP contribution in [-0.2, 0) is 15.6 Å². The van der Waals surface area contributed by atoms with Gasteiger partial charge in [0.2, 0.25) is 10.0 Å². The van der Waals surface area contributed by atoms with Crippen molar-refractivity contribution in [1.82, 2.24) is 14.1 Å². The molecule has 0 aliphatic carbocycles. The van der Waals surface area contributed by atoms with Crippen LogP contribution < -0.4 is 10.1 Å². The van der Waals surface area contributed by atoms with Crippen LogP contribution in [0.1, 0.15) is 62.5 Å². The predicted octanol–water partition coefficient (Wildman–Crippen LogP) is 3.77. The fraction of sp³-hybridized carbons (Fsp3) is 0.545. The van der Waals surface area contributed by atoms with Crippen LogP contribution in [0, 0.1) is 6.92 Å². The van der Waals surface area contributed by atoms with Crippen LogP contribution in [-0.4, -0.2) is 48.6 Å². The molecule has 1 saturated heterocycles. The molecule has 170 valence electrons. The highest BCUT2D eigenvalue weighted by Gasteiger charge is 2.28. The molecule has 1 aromatic carbocycles. The van der Waals surface area contributed by atoms with Gasteiger partial charge in [-0.3, -0.25) is 4.79 Å². The molecule has 1 aliphatic rings. The first kappa shape index (κ1) is 23.3. The van der Waals surface area contributed by atoms with Crippen molar-refractivity contribution in [3.05, 3.63) is 35.5 Å². The van der Waals surface area contributed by atoms with Crippen molar-refractivity contribution in [2.24, 2.45) is 0 Å². The SMILES string of the molecule is COc1ccc(S(=O)(=O)N2CCCCCC2)cc1C(=O)Nc1cc(C)nn1C(C)(C)C. The molecule has 0 saturated carbocycles. The second kappa shape index (κ2) is 9.00. The topological polar surface area (TPSA) is 93.5 Å². The Balaban J connectivity index is 1.95. The first-order chi connectivity index (χ1) is 14.5. The fourth-order valence-electron chi connectivity index (χ4n) is 3.74. The third kappa shape index (κ3) is 5.10. The van der Waals surface area contributed by atoms with Gasteiger partial charge in [-0.05, 0) is 58.7 Å². The zero-order valence-corrected chi connectivity index (χ0v) is 19.8. The normalized spacial score (nSPS) is 16.0. The maximum atomic E-state index is 13.2. The number of carbonyl (C=O) groups is 1. The van der Waals surface area contributed by atoms with E-state index in [-0.39, 0.29) is 16.0 Å². The van der Waals surface area contributed by atoms with Crippen molar-refractivity contribution in [1.29, 1.82) is 0 Å². The van der Waals surface area contributed by atoms with E-state index in [1.54, 1.807) is 10.7 Å². The molecule has 31 heavy (non-hydrogen) atoms. The molecular weight excluding hydrogens is 416 g/mol. The van der Waals surface area contributed by atoms with Crippen LogP contribution in [0.4, 0.5) is 5.82 Å². The maximum Gasteiger partial charge on any atom is 0.260 e. The number of aryl methyl sites for hydroxylation is 1. The molecule has 3 rings (SSSR count). The van der Waals surface area contributed by atoms with E-state index >= 15 is 0 Å². The molecule has 0 unspecified atom stereocenters. The molecule has 1 aliphatic heterocycles. The number of methoxy groups -OCH3 is 1.